The lowest BCUT2D eigenvalue weighted by Crippen LogP contribution is -2.50. The van der Waals surface area contributed by atoms with E-state index < -0.39 is 0 Å². The van der Waals surface area contributed by atoms with Crippen molar-refractivity contribution in [3.05, 3.63) is 0 Å². The number of hydrogen-bond acceptors (Lipinski definition) is 3. The van der Waals surface area contributed by atoms with Crippen molar-refractivity contribution in [3.63, 3.8) is 0 Å². The van der Waals surface area contributed by atoms with Gasteiger partial charge >= 0.3 is 0 Å². The van der Waals surface area contributed by atoms with Gasteiger partial charge in [-0.3, -0.25) is 0 Å². The summed E-state index contributed by atoms with van der Waals surface area (Å²) in [7, 11) is 0. The Morgan fingerprint density at radius 2 is 2.05 bits per heavy atom. The molecule has 1 unspecified atom stereocenters. The molecule has 1 fully saturated rings. The Balaban J connectivity index is 2.58. The summed E-state index contributed by atoms with van der Waals surface area (Å²) in [5, 5.41) is 3.56. The smallest absolute Gasteiger partial charge is 0.0546 e. The van der Waals surface area contributed by atoms with Crippen LogP contribution in [0.1, 0.15) is 59.8 Å². The van der Waals surface area contributed by atoms with Crippen LogP contribution < -0.4 is 5.32 Å². The summed E-state index contributed by atoms with van der Waals surface area (Å²) in [5.41, 5.74) is 0.324. The second-order valence-electron chi connectivity index (χ2n) is 6.71. The first-order chi connectivity index (χ1) is 9.63. The number of hydrogen-bond donors (Lipinski definition) is 1. The predicted octanol–water partition coefficient (Wildman–Crippen LogP) is 3.29. The number of rotatable bonds is 10. The molecule has 0 aromatic heterocycles. The van der Waals surface area contributed by atoms with Gasteiger partial charge in [-0.25, -0.2) is 0 Å². The zero-order valence-corrected chi connectivity index (χ0v) is 14.2. The second kappa shape index (κ2) is 9.75. The lowest BCUT2D eigenvalue weighted by atomic mass is 9.81. The van der Waals surface area contributed by atoms with Gasteiger partial charge in [0.25, 0.3) is 0 Å². The van der Waals surface area contributed by atoms with Crippen LogP contribution in [0.5, 0.6) is 0 Å². The molecule has 3 nitrogen and oxygen atoms in total. The van der Waals surface area contributed by atoms with E-state index in [0.717, 1.165) is 26.3 Å². The van der Waals surface area contributed by atoms with E-state index in [1.165, 1.54) is 45.2 Å². The van der Waals surface area contributed by atoms with Crippen molar-refractivity contribution in [3.8, 4) is 0 Å². The average molecular weight is 284 g/mol. The molecule has 0 saturated carbocycles. The largest absolute Gasteiger partial charge is 0.381 e. The molecule has 1 heterocycles. The van der Waals surface area contributed by atoms with Crippen molar-refractivity contribution < 1.29 is 4.74 Å². The Bertz CT molecular complexity index is 237. The molecular weight excluding hydrogens is 248 g/mol. The lowest BCUT2D eigenvalue weighted by molar-refractivity contribution is -0.0308. The van der Waals surface area contributed by atoms with E-state index in [9.17, 15) is 0 Å². The fourth-order valence-corrected chi connectivity index (χ4v) is 3.14. The van der Waals surface area contributed by atoms with Gasteiger partial charge in [0, 0.05) is 31.2 Å². The highest BCUT2D eigenvalue weighted by molar-refractivity contribution is 4.88. The molecule has 3 heteroatoms. The number of nitrogens with one attached hydrogen (secondary N) is 1. The summed E-state index contributed by atoms with van der Waals surface area (Å²) < 4.78 is 5.82. The molecule has 1 saturated heterocycles. The maximum Gasteiger partial charge on any atom is 0.0546 e. The van der Waals surface area contributed by atoms with E-state index in [0.29, 0.717) is 11.5 Å². The van der Waals surface area contributed by atoms with Crippen LogP contribution in [0, 0.1) is 5.41 Å². The third-order valence-electron chi connectivity index (χ3n) is 4.47. The minimum Gasteiger partial charge on any atom is -0.381 e. The molecule has 0 amide bonds. The van der Waals surface area contributed by atoms with Gasteiger partial charge in [-0.2, -0.15) is 0 Å². The summed E-state index contributed by atoms with van der Waals surface area (Å²) >= 11 is 0. The first-order valence-corrected chi connectivity index (χ1v) is 8.66. The van der Waals surface area contributed by atoms with E-state index in [4.69, 9.17) is 4.74 Å². The highest BCUT2D eigenvalue weighted by Gasteiger charge is 2.34. The zero-order chi connectivity index (χ0) is 14.8. The fraction of sp³-hybridized carbons (Fsp3) is 1.00. The molecule has 0 aliphatic carbocycles. The Kier molecular flexibility index (Phi) is 8.74. The lowest BCUT2D eigenvalue weighted by Gasteiger charge is -2.42. The number of ether oxygens (including phenoxy) is 1. The Hall–Kier alpha value is -0.120. The fourth-order valence-electron chi connectivity index (χ4n) is 3.14. The number of unbranched alkanes of at least 4 members (excludes halogenated alkanes) is 2. The van der Waals surface area contributed by atoms with Crippen molar-refractivity contribution in [2.24, 2.45) is 5.41 Å². The molecule has 20 heavy (non-hydrogen) atoms. The number of nitrogens with zero attached hydrogens (tertiary/aromatic N) is 1. The minimum absolute atomic E-state index is 0.324. The highest BCUT2D eigenvalue weighted by Crippen LogP contribution is 2.30. The summed E-state index contributed by atoms with van der Waals surface area (Å²) in [6.07, 6.45) is 6.49. The molecule has 0 aromatic carbocycles. The molecule has 1 rings (SSSR count). The maximum absolute atomic E-state index is 5.82. The van der Waals surface area contributed by atoms with Crippen molar-refractivity contribution in [1.29, 1.82) is 0 Å². The van der Waals surface area contributed by atoms with Crippen LogP contribution in [0.3, 0.4) is 0 Å². The molecule has 0 bridgehead atoms. The van der Waals surface area contributed by atoms with Gasteiger partial charge in [0.05, 0.1) is 6.61 Å². The summed E-state index contributed by atoms with van der Waals surface area (Å²) in [5.74, 6) is 0. The molecule has 120 valence electrons. The van der Waals surface area contributed by atoms with Crippen LogP contribution in [-0.4, -0.2) is 50.3 Å². The van der Waals surface area contributed by atoms with Crippen LogP contribution in [0.4, 0.5) is 0 Å². The maximum atomic E-state index is 5.82. The van der Waals surface area contributed by atoms with Crippen LogP contribution in [0.15, 0.2) is 0 Å². The average Bonchev–Trinajstić information content (AvgIpc) is 2.45. The van der Waals surface area contributed by atoms with E-state index >= 15 is 0 Å². The van der Waals surface area contributed by atoms with Crippen molar-refractivity contribution in [1.82, 2.24) is 10.2 Å². The molecule has 0 aromatic rings. The van der Waals surface area contributed by atoms with Crippen molar-refractivity contribution in [2.75, 3.05) is 39.4 Å². The van der Waals surface area contributed by atoms with Gasteiger partial charge in [0.2, 0.25) is 0 Å². The summed E-state index contributed by atoms with van der Waals surface area (Å²) in [4.78, 5) is 2.67. The van der Waals surface area contributed by atoms with E-state index in [-0.39, 0.29) is 0 Å². The molecule has 1 aliphatic rings. The molecular formula is C17H36N2O. The molecule has 1 atom stereocenters. The Labute approximate surface area is 126 Å². The summed E-state index contributed by atoms with van der Waals surface area (Å²) in [6, 6.07) is 0.632. The van der Waals surface area contributed by atoms with Gasteiger partial charge in [-0.05, 0) is 46.2 Å². The zero-order valence-electron chi connectivity index (χ0n) is 14.2. The first-order valence-electron chi connectivity index (χ1n) is 8.66. The Morgan fingerprint density at radius 3 is 2.60 bits per heavy atom. The molecule has 0 radical (unpaired) electrons. The summed E-state index contributed by atoms with van der Waals surface area (Å²) in [6.45, 7) is 15.6. The Morgan fingerprint density at radius 1 is 1.25 bits per heavy atom. The molecule has 1 N–H and O–H groups in total. The van der Waals surface area contributed by atoms with Crippen LogP contribution in [-0.2, 0) is 4.74 Å². The molecule has 0 spiro atoms. The predicted molar refractivity (Wildman–Crippen MR) is 87.3 cm³/mol. The van der Waals surface area contributed by atoms with E-state index in [2.05, 4.69) is 37.9 Å². The van der Waals surface area contributed by atoms with Gasteiger partial charge in [-0.15, -0.1) is 0 Å². The van der Waals surface area contributed by atoms with Crippen LogP contribution in [0.25, 0.3) is 0 Å². The monoisotopic (exact) mass is 284 g/mol. The van der Waals surface area contributed by atoms with Gasteiger partial charge in [0.15, 0.2) is 0 Å². The van der Waals surface area contributed by atoms with E-state index in [1.807, 2.05) is 0 Å². The normalized spacial score (nSPS) is 23.7. The standard InChI is InChI=1S/C17H36N2O/c1-5-7-8-11-19(16(3)4)14-17(13-18-6-2)10-9-12-20-15-17/h16,18H,5-15H2,1-4H3. The highest BCUT2D eigenvalue weighted by atomic mass is 16.5. The first kappa shape index (κ1) is 17.9. The van der Waals surface area contributed by atoms with Crippen molar-refractivity contribution >= 4 is 0 Å². The third kappa shape index (κ3) is 6.11. The second-order valence-corrected chi connectivity index (χ2v) is 6.71. The van der Waals surface area contributed by atoms with Crippen LogP contribution >= 0.6 is 0 Å². The van der Waals surface area contributed by atoms with Crippen molar-refractivity contribution in [2.45, 2.75) is 65.8 Å². The third-order valence-corrected chi connectivity index (χ3v) is 4.47. The van der Waals surface area contributed by atoms with Gasteiger partial charge in [-0.1, -0.05) is 26.7 Å². The van der Waals surface area contributed by atoms with Crippen LogP contribution in [0.2, 0.25) is 0 Å². The van der Waals surface area contributed by atoms with Gasteiger partial charge < -0.3 is 15.0 Å². The molecule has 1 aliphatic heterocycles. The van der Waals surface area contributed by atoms with Gasteiger partial charge in [0.1, 0.15) is 0 Å². The topological polar surface area (TPSA) is 24.5 Å². The quantitative estimate of drug-likeness (QED) is 0.623. The van der Waals surface area contributed by atoms with E-state index in [1.54, 1.807) is 0 Å². The minimum atomic E-state index is 0.324. The SMILES string of the molecule is CCCCCN(CC1(CNCC)CCCOC1)C(C)C.